The van der Waals surface area contributed by atoms with Gasteiger partial charge in [-0.1, -0.05) is 12.1 Å². The second kappa shape index (κ2) is 9.97. The molecular weight excluding hydrogens is 351 g/mol. The molecule has 0 aliphatic rings. The monoisotopic (exact) mass is 374 g/mol. The van der Waals surface area contributed by atoms with Crippen LogP contribution < -0.4 is 5.32 Å². The molecule has 0 aromatic heterocycles. The van der Waals surface area contributed by atoms with Crippen molar-refractivity contribution >= 4 is 29.3 Å². The van der Waals surface area contributed by atoms with E-state index in [1.54, 1.807) is 35.2 Å². The highest BCUT2D eigenvalue weighted by Crippen LogP contribution is 2.15. The summed E-state index contributed by atoms with van der Waals surface area (Å²) < 4.78 is 13.1. The lowest BCUT2D eigenvalue weighted by Crippen LogP contribution is -2.30. The SMILES string of the molecule is CCN(CC)C(=O)c1ccc(NC(=O)CSCc2cccc(F)c2)cc1. The van der Waals surface area contributed by atoms with Gasteiger partial charge in [0, 0.05) is 30.1 Å². The molecule has 26 heavy (non-hydrogen) atoms. The minimum absolute atomic E-state index is 0.0153. The molecule has 0 saturated heterocycles. The Hall–Kier alpha value is -2.34. The highest BCUT2D eigenvalue weighted by molar-refractivity contribution is 7.99. The van der Waals surface area contributed by atoms with Gasteiger partial charge in [0.2, 0.25) is 5.91 Å². The molecule has 0 fully saturated rings. The number of halogens is 1. The van der Waals surface area contributed by atoms with Crippen LogP contribution in [0.25, 0.3) is 0 Å². The van der Waals surface area contributed by atoms with Crippen molar-refractivity contribution in [3.05, 3.63) is 65.5 Å². The van der Waals surface area contributed by atoms with E-state index in [9.17, 15) is 14.0 Å². The van der Waals surface area contributed by atoms with Crippen LogP contribution in [0.5, 0.6) is 0 Å². The highest BCUT2D eigenvalue weighted by atomic mass is 32.2. The summed E-state index contributed by atoms with van der Waals surface area (Å²) in [6.07, 6.45) is 0. The van der Waals surface area contributed by atoms with Gasteiger partial charge in [-0.2, -0.15) is 0 Å². The Labute approximate surface area is 157 Å². The largest absolute Gasteiger partial charge is 0.339 e. The number of thioether (sulfide) groups is 1. The van der Waals surface area contributed by atoms with Crippen molar-refractivity contribution in [3.63, 3.8) is 0 Å². The molecule has 0 saturated carbocycles. The molecule has 138 valence electrons. The van der Waals surface area contributed by atoms with Crippen LogP contribution in [-0.4, -0.2) is 35.6 Å². The lowest BCUT2D eigenvalue weighted by Gasteiger charge is -2.18. The van der Waals surface area contributed by atoms with E-state index in [1.165, 1.54) is 23.9 Å². The van der Waals surface area contributed by atoms with E-state index in [1.807, 2.05) is 19.9 Å². The number of carbonyl (C=O) groups excluding carboxylic acids is 2. The highest BCUT2D eigenvalue weighted by Gasteiger charge is 2.12. The predicted molar refractivity (Wildman–Crippen MR) is 105 cm³/mol. The van der Waals surface area contributed by atoms with Gasteiger partial charge < -0.3 is 10.2 Å². The molecule has 2 rings (SSSR count). The molecule has 0 bridgehead atoms. The number of nitrogens with one attached hydrogen (secondary N) is 1. The first-order valence-electron chi connectivity index (χ1n) is 8.54. The molecular formula is C20H23FN2O2S. The first-order valence-corrected chi connectivity index (χ1v) is 9.70. The average Bonchev–Trinajstić information content (AvgIpc) is 2.63. The zero-order valence-corrected chi connectivity index (χ0v) is 15.8. The van der Waals surface area contributed by atoms with Crippen LogP contribution in [0.4, 0.5) is 10.1 Å². The molecule has 0 aliphatic carbocycles. The molecule has 0 heterocycles. The van der Waals surface area contributed by atoms with Crippen LogP contribution in [0, 0.1) is 5.82 Å². The second-order valence-corrected chi connectivity index (χ2v) is 6.71. The summed E-state index contributed by atoms with van der Waals surface area (Å²) >= 11 is 1.42. The summed E-state index contributed by atoms with van der Waals surface area (Å²) in [5, 5.41) is 2.80. The minimum Gasteiger partial charge on any atom is -0.339 e. The van der Waals surface area contributed by atoms with E-state index in [4.69, 9.17) is 0 Å². The van der Waals surface area contributed by atoms with Gasteiger partial charge in [0.15, 0.2) is 0 Å². The quantitative estimate of drug-likeness (QED) is 0.754. The zero-order chi connectivity index (χ0) is 18.9. The van der Waals surface area contributed by atoms with Crippen LogP contribution >= 0.6 is 11.8 Å². The summed E-state index contributed by atoms with van der Waals surface area (Å²) in [6.45, 7) is 5.21. The van der Waals surface area contributed by atoms with Crippen LogP contribution in [0.3, 0.4) is 0 Å². The smallest absolute Gasteiger partial charge is 0.253 e. The van der Waals surface area contributed by atoms with Crippen molar-refractivity contribution in [2.75, 3.05) is 24.2 Å². The molecule has 4 nitrogen and oxygen atoms in total. The standard InChI is InChI=1S/C20H23FN2O2S/c1-3-23(4-2)20(25)16-8-10-18(11-9-16)22-19(24)14-26-13-15-6-5-7-17(21)12-15/h5-12H,3-4,13-14H2,1-2H3,(H,22,24). The Balaban J connectivity index is 1.82. The Morgan fingerprint density at radius 3 is 2.38 bits per heavy atom. The molecule has 0 aliphatic heterocycles. The van der Waals surface area contributed by atoms with Gasteiger partial charge in [-0.3, -0.25) is 9.59 Å². The molecule has 2 aromatic rings. The second-order valence-electron chi connectivity index (χ2n) is 5.73. The van der Waals surface area contributed by atoms with E-state index >= 15 is 0 Å². The Morgan fingerprint density at radius 1 is 1.08 bits per heavy atom. The molecule has 0 unspecified atom stereocenters. The van der Waals surface area contributed by atoms with E-state index in [-0.39, 0.29) is 23.4 Å². The maximum absolute atomic E-state index is 13.1. The number of rotatable bonds is 8. The van der Waals surface area contributed by atoms with Crippen molar-refractivity contribution in [2.45, 2.75) is 19.6 Å². The number of carbonyl (C=O) groups is 2. The number of nitrogens with zero attached hydrogens (tertiary/aromatic N) is 1. The molecule has 1 N–H and O–H groups in total. The van der Waals surface area contributed by atoms with Crippen molar-refractivity contribution in [3.8, 4) is 0 Å². The first kappa shape index (κ1) is 20.0. The van der Waals surface area contributed by atoms with Crippen molar-refractivity contribution in [1.82, 2.24) is 4.90 Å². The topological polar surface area (TPSA) is 49.4 Å². The van der Waals surface area contributed by atoms with Crippen LogP contribution in [0.15, 0.2) is 48.5 Å². The van der Waals surface area contributed by atoms with E-state index in [0.717, 1.165) is 5.56 Å². The molecule has 0 atom stereocenters. The maximum atomic E-state index is 13.1. The van der Waals surface area contributed by atoms with Gasteiger partial charge in [-0.25, -0.2) is 4.39 Å². The van der Waals surface area contributed by atoms with Gasteiger partial charge in [0.1, 0.15) is 5.82 Å². The zero-order valence-electron chi connectivity index (χ0n) is 15.0. The number of anilines is 1. The maximum Gasteiger partial charge on any atom is 0.253 e. The number of hydrogen-bond donors (Lipinski definition) is 1. The third-order valence-corrected chi connectivity index (χ3v) is 4.86. The Bertz CT molecular complexity index is 746. The lowest BCUT2D eigenvalue weighted by molar-refractivity contribution is -0.113. The van der Waals surface area contributed by atoms with Crippen molar-refractivity contribution < 1.29 is 14.0 Å². The Kier molecular flexibility index (Phi) is 7.66. The average molecular weight is 374 g/mol. The van der Waals surface area contributed by atoms with E-state index in [0.29, 0.717) is 30.1 Å². The Morgan fingerprint density at radius 2 is 1.77 bits per heavy atom. The van der Waals surface area contributed by atoms with Gasteiger partial charge in [0.05, 0.1) is 5.75 Å². The summed E-state index contributed by atoms with van der Waals surface area (Å²) in [7, 11) is 0. The summed E-state index contributed by atoms with van der Waals surface area (Å²) in [5.41, 5.74) is 2.10. The number of hydrogen-bond acceptors (Lipinski definition) is 3. The predicted octanol–water partition coefficient (Wildman–Crippen LogP) is 4.18. The molecule has 0 radical (unpaired) electrons. The van der Waals surface area contributed by atoms with Gasteiger partial charge in [-0.05, 0) is 55.8 Å². The summed E-state index contributed by atoms with van der Waals surface area (Å²) in [4.78, 5) is 26.0. The normalized spacial score (nSPS) is 10.4. The molecule has 6 heteroatoms. The fourth-order valence-electron chi connectivity index (χ4n) is 2.47. The van der Waals surface area contributed by atoms with Crippen molar-refractivity contribution in [2.24, 2.45) is 0 Å². The number of amides is 2. The van der Waals surface area contributed by atoms with Crippen LogP contribution in [0.1, 0.15) is 29.8 Å². The molecule has 0 spiro atoms. The molecule has 2 amide bonds. The van der Waals surface area contributed by atoms with Gasteiger partial charge >= 0.3 is 0 Å². The first-order chi connectivity index (χ1) is 12.5. The third-order valence-electron chi connectivity index (χ3n) is 3.86. The van der Waals surface area contributed by atoms with Gasteiger partial charge in [0.25, 0.3) is 5.91 Å². The van der Waals surface area contributed by atoms with Gasteiger partial charge in [-0.15, -0.1) is 11.8 Å². The summed E-state index contributed by atoms with van der Waals surface area (Å²) in [5.74, 6) is 0.429. The van der Waals surface area contributed by atoms with E-state index < -0.39 is 0 Å². The van der Waals surface area contributed by atoms with E-state index in [2.05, 4.69) is 5.32 Å². The molecule has 2 aromatic carbocycles. The van der Waals surface area contributed by atoms with Crippen LogP contribution in [-0.2, 0) is 10.5 Å². The fourth-order valence-corrected chi connectivity index (χ4v) is 3.25. The van der Waals surface area contributed by atoms with Crippen LogP contribution in [0.2, 0.25) is 0 Å². The summed E-state index contributed by atoms with van der Waals surface area (Å²) in [6, 6.07) is 13.3. The third kappa shape index (κ3) is 5.88. The fraction of sp³-hybridized carbons (Fsp3) is 0.300. The minimum atomic E-state index is -0.271. The lowest BCUT2D eigenvalue weighted by atomic mass is 10.2. The van der Waals surface area contributed by atoms with Crippen molar-refractivity contribution in [1.29, 1.82) is 0 Å². The number of benzene rings is 2.